The van der Waals surface area contributed by atoms with E-state index in [1.54, 1.807) is 11.3 Å². The largest absolute Gasteiger partial charge is 0.370 e. The van der Waals surface area contributed by atoms with Crippen LogP contribution in [0.2, 0.25) is 0 Å². The molecule has 1 aromatic heterocycles. The van der Waals surface area contributed by atoms with Crippen LogP contribution in [0.5, 0.6) is 0 Å². The quantitative estimate of drug-likeness (QED) is 0.545. The molecular formula is C19H20N4S. The van der Waals surface area contributed by atoms with E-state index < -0.39 is 0 Å². The smallest absolute Gasteiger partial charge is 0.193 e. The minimum Gasteiger partial charge on any atom is -0.370 e. The van der Waals surface area contributed by atoms with Crippen molar-refractivity contribution < 1.29 is 0 Å². The Hall–Kier alpha value is -2.66. The van der Waals surface area contributed by atoms with Gasteiger partial charge in [-0.3, -0.25) is 4.99 Å². The van der Waals surface area contributed by atoms with Crippen LogP contribution in [0.15, 0.2) is 65.0 Å². The summed E-state index contributed by atoms with van der Waals surface area (Å²) in [4.78, 5) is 9.04. The molecule has 0 aliphatic heterocycles. The molecule has 0 aliphatic carbocycles. The summed E-state index contributed by atoms with van der Waals surface area (Å²) in [6.07, 6.45) is 0.777. The third kappa shape index (κ3) is 4.43. The second-order valence-corrected chi connectivity index (χ2v) is 6.38. The summed E-state index contributed by atoms with van der Waals surface area (Å²) in [5.41, 5.74) is 10.3. The molecule has 24 heavy (non-hydrogen) atoms. The number of anilines is 1. The molecule has 122 valence electrons. The summed E-state index contributed by atoms with van der Waals surface area (Å²) in [5, 5.41) is 6.24. The fourth-order valence-corrected chi connectivity index (χ4v) is 3.20. The maximum atomic E-state index is 5.94. The zero-order chi connectivity index (χ0) is 16.8. The minimum atomic E-state index is 0.430. The monoisotopic (exact) mass is 336 g/mol. The van der Waals surface area contributed by atoms with Gasteiger partial charge in [0.2, 0.25) is 0 Å². The Labute approximate surface area is 146 Å². The van der Waals surface area contributed by atoms with Crippen molar-refractivity contribution in [2.75, 3.05) is 11.9 Å². The number of rotatable bonds is 5. The Bertz CT molecular complexity index is 824. The summed E-state index contributed by atoms with van der Waals surface area (Å²) in [6.45, 7) is 2.66. The van der Waals surface area contributed by atoms with Crippen LogP contribution in [0.1, 0.15) is 11.3 Å². The van der Waals surface area contributed by atoms with Crippen LogP contribution in [-0.4, -0.2) is 17.5 Å². The maximum absolute atomic E-state index is 5.94. The zero-order valence-corrected chi connectivity index (χ0v) is 14.4. The Morgan fingerprint density at radius 1 is 1.17 bits per heavy atom. The molecule has 3 aromatic rings. The zero-order valence-electron chi connectivity index (χ0n) is 13.6. The Balaban J connectivity index is 1.55. The van der Waals surface area contributed by atoms with Crippen LogP contribution in [-0.2, 0) is 6.42 Å². The number of nitrogens with two attached hydrogens (primary N) is 1. The summed E-state index contributed by atoms with van der Waals surface area (Å²) in [6, 6.07) is 18.3. The molecule has 0 fully saturated rings. The molecule has 0 unspecified atom stereocenters. The number of hydrogen-bond acceptors (Lipinski definition) is 3. The molecule has 2 aromatic carbocycles. The molecule has 0 amide bonds. The van der Waals surface area contributed by atoms with Crippen LogP contribution in [0.3, 0.4) is 0 Å². The van der Waals surface area contributed by atoms with Crippen molar-refractivity contribution in [3.8, 4) is 10.6 Å². The molecule has 0 saturated heterocycles. The molecule has 5 heteroatoms. The lowest BCUT2D eigenvalue weighted by atomic mass is 10.2. The van der Waals surface area contributed by atoms with Gasteiger partial charge in [0.05, 0.1) is 5.69 Å². The van der Waals surface area contributed by atoms with Gasteiger partial charge in [0.25, 0.3) is 0 Å². The van der Waals surface area contributed by atoms with Gasteiger partial charge in [-0.2, -0.15) is 0 Å². The predicted molar refractivity (Wildman–Crippen MR) is 103 cm³/mol. The molecule has 3 rings (SSSR count). The Morgan fingerprint density at radius 3 is 2.79 bits per heavy atom. The Morgan fingerprint density at radius 2 is 2.00 bits per heavy atom. The molecular weight excluding hydrogens is 316 g/mol. The Kier molecular flexibility index (Phi) is 5.23. The number of nitrogens with zero attached hydrogens (tertiary/aromatic N) is 2. The van der Waals surface area contributed by atoms with Gasteiger partial charge in [-0.1, -0.05) is 42.5 Å². The number of hydrogen-bond donors (Lipinski definition) is 2. The van der Waals surface area contributed by atoms with E-state index in [-0.39, 0.29) is 0 Å². The van der Waals surface area contributed by atoms with Crippen molar-refractivity contribution >= 4 is 23.0 Å². The van der Waals surface area contributed by atoms with Crippen LogP contribution >= 0.6 is 11.3 Å². The molecule has 0 atom stereocenters. The van der Waals surface area contributed by atoms with Crippen molar-refractivity contribution in [2.24, 2.45) is 10.7 Å². The third-order valence-corrected chi connectivity index (χ3v) is 4.45. The van der Waals surface area contributed by atoms with E-state index in [4.69, 9.17) is 5.73 Å². The fraction of sp³-hybridized carbons (Fsp3) is 0.158. The number of aryl methyl sites for hydroxylation is 1. The van der Waals surface area contributed by atoms with Gasteiger partial charge < -0.3 is 11.1 Å². The van der Waals surface area contributed by atoms with E-state index in [1.165, 1.54) is 5.56 Å². The fourth-order valence-electron chi connectivity index (χ4n) is 2.34. The first-order valence-corrected chi connectivity index (χ1v) is 8.72. The number of aliphatic imine (C=N–C) groups is 1. The number of aromatic nitrogens is 1. The van der Waals surface area contributed by atoms with E-state index in [0.717, 1.165) is 28.4 Å². The van der Waals surface area contributed by atoms with Crippen LogP contribution in [0, 0.1) is 6.92 Å². The molecule has 0 radical (unpaired) electrons. The van der Waals surface area contributed by atoms with Gasteiger partial charge in [-0.15, -0.1) is 11.3 Å². The normalized spacial score (nSPS) is 11.5. The van der Waals surface area contributed by atoms with Crippen LogP contribution in [0.4, 0.5) is 5.69 Å². The minimum absolute atomic E-state index is 0.430. The van der Waals surface area contributed by atoms with E-state index in [1.807, 2.05) is 49.4 Å². The van der Waals surface area contributed by atoms with Crippen molar-refractivity contribution in [2.45, 2.75) is 13.3 Å². The predicted octanol–water partition coefficient (Wildman–Crippen LogP) is 4.09. The molecule has 0 saturated carbocycles. The summed E-state index contributed by atoms with van der Waals surface area (Å²) >= 11 is 1.66. The first-order valence-electron chi connectivity index (χ1n) is 7.84. The lowest BCUT2D eigenvalue weighted by molar-refractivity contribution is 0.934. The lowest BCUT2D eigenvalue weighted by Gasteiger charge is -2.06. The lowest BCUT2D eigenvalue weighted by Crippen LogP contribution is -2.23. The van der Waals surface area contributed by atoms with Gasteiger partial charge in [-0.25, -0.2) is 4.98 Å². The molecule has 4 nitrogen and oxygen atoms in total. The van der Waals surface area contributed by atoms with E-state index in [0.29, 0.717) is 12.5 Å². The second-order valence-electron chi connectivity index (χ2n) is 5.52. The average Bonchev–Trinajstić information content (AvgIpc) is 3.04. The van der Waals surface area contributed by atoms with Crippen LogP contribution in [0.25, 0.3) is 10.6 Å². The van der Waals surface area contributed by atoms with Gasteiger partial charge in [0, 0.05) is 29.6 Å². The van der Waals surface area contributed by atoms with Crippen molar-refractivity contribution in [3.63, 3.8) is 0 Å². The first-order chi connectivity index (χ1) is 11.7. The maximum Gasteiger partial charge on any atom is 0.193 e. The highest BCUT2D eigenvalue weighted by Crippen LogP contribution is 2.23. The molecule has 1 heterocycles. The highest BCUT2D eigenvalue weighted by molar-refractivity contribution is 7.13. The van der Waals surface area contributed by atoms with Crippen molar-refractivity contribution in [1.82, 2.24) is 4.98 Å². The number of guanidine groups is 1. The molecule has 3 N–H and O–H groups in total. The van der Waals surface area contributed by atoms with E-state index in [9.17, 15) is 0 Å². The number of benzene rings is 2. The highest BCUT2D eigenvalue weighted by atomic mass is 32.1. The standard InChI is InChI=1S/C19H20N4S/c1-14-6-5-9-16(12-14)23-19(20)21-11-10-17-13-24-18(22-17)15-7-3-2-4-8-15/h2-9,12-13H,10-11H2,1H3,(H3,20,21,23). The molecule has 0 bridgehead atoms. The average molecular weight is 336 g/mol. The highest BCUT2D eigenvalue weighted by Gasteiger charge is 2.04. The SMILES string of the molecule is Cc1cccc(NC(N)=NCCc2csc(-c3ccccc3)n2)c1. The third-order valence-electron chi connectivity index (χ3n) is 3.51. The van der Waals surface area contributed by atoms with Crippen LogP contribution < -0.4 is 11.1 Å². The topological polar surface area (TPSA) is 63.3 Å². The van der Waals surface area contributed by atoms with Gasteiger partial charge in [-0.05, 0) is 24.6 Å². The van der Waals surface area contributed by atoms with Crippen molar-refractivity contribution in [1.29, 1.82) is 0 Å². The summed E-state index contributed by atoms with van der Waals surface area (Å²) in [5.74, 6) is 0.430. The van der Waals surface area contributed by atoms with E-state index >= 15 is 0 Å². The summed E-state index contributed by atoms with van der Waals surface area (Å²) < 4.78 is 0. The van der Waals surface area contributed by atoms with Gasteiger partial charge in [0.15, 0.2) is 5.96 Å². The molecule has 0 spiro atoms. The van der Waals surface area contributed by atoms with E-state index in [2.05, 4.69) is 32.8 Å². The van der Waals surface area contributed by atoms with Gasteiger partial charge in [0.1, 0.15) is 5.01 Å². The van der Waals surface area contributed by atoms with Gasteiger partial charge >= 0.3 is 0 Å². The van der Waals surface area contributed by atoms with Crippen molar-refractivity contribution in [3.05, 3.63) is 71.2 Å². The second kappa shape index (κ2) is 7.75. The molecule has 0 aliphatic rings. The first kappa shape index (κ1) is 16.2. The summed E-state index contributed by atoms with van der Waals surface area (Å²) in [7, 11) is 0. The number of nitrogens with one attached hydrogen (secondary N) is 1. The number of thiazole rings is 1.